The molecule has 1 fully saturated rings. The van der Waals surface area contributed by atoms with E-state index in [-0.39, 0.29) is 6.10 Å². The van der Waals surface area contributed by atoms with E-state index in [1.807, 2.05) is 0 Å². The maximum atomic E-state index is 9.57. The number of hydrogen-bond acceptors (Lipinski definition) is 1. The highest BCUT2D eigenvalue weighted by Gasteiger charge is 2.21. The largest absolute Gasteiger partial charge is 0.393 e. The molecule has 0 aromatic rings. The van der Waals surface area contributed by atoms with Crippen LogP contribution < -0.4 is 0 Å². The topological polar surface area (TPSA) is 20.2 Å². The Morgan fingerprint density at radius 1 is 1.25 bits per heavy atom. The quantitative estimate of drug-likeness (QED) is 0.492. The summed E-state index contributed by atoms with van der Waals surface area (Å²) in [6.45, 7) is 0. The van der Waals surface area contributed by atoms with E-state index >= 15 is 0 Å². The van der Waals surface area contributed by atoms with E-state index in [0.717, 1.165) is 19.3 Å². The van der Waals surface area contributed by atoms with Crippen molar-refractivity contribution in [2.24, 2.45) is 5.92 Å². The van der Waals surface area contributed by atoms with Crippen LogP contribution in [-0.4, -0.2) is 17.1 Å². The van der Waals surface area contributed by atoms with Gasteiger partial charge in [-0.25, -0.2) is 0 Å². The van der Waals surface area contributed by atoms with Gasteiger partial charge in [0.1, 0.15) is 0 Å². The molecule has 0 unspecified atom stereocenters. The van der Waals surface area contributed by atoms with Gasteiger partial charge in [-0.05, 0) is 18.8 Å². The second-order valence-electron chi connectivity index (χ2n) is 3.30. The molecule has 0 aliphatic heterocycles. The highest BCUT2D eigenvalue weighted by molar-refractivity contribution is 6.19. The molecule has 1 rings (SSSR count). The Morgan fingerprint density at radius 3 is 2.67 bits per heavy atom. The molecule has 12 heavy (non-hydrogen) atoms. The molecular weight excluding hydrogens is 172 g/mol. The van der Waals surface area contributed by atoms with Crippen LogP contribution in [0.1, 0.15) is 32.1 Å². The zero-order valence-electron chi connectivity index (χ0n) is 7.22. The van der Waals surface area contributed by atoms with Crippen LogP contribution in [0.3, 0.4) is 0 Å². The van der Waals surface area contributed by atoms with Crippen molar-refractivity contribution < 1.29 is 5.11 Å². The molecule has 0 aromatic heterocycles. The second-order valence-corrected chi connectivity index (χ2v) is 3.57. The van der Waals surface area contributed by atoms with Crippen LogP contribution in [0.5, 0.6) is 0 Å². The van der Waals surface area contributed by atoms with Crippen molar-refractivity contribution >= 4 is 11.6 Å². The van der Waals surface area contributed by atoms with Gasteiger partial charge in [0.05, 0.1) is 12.0 Å². The average Bonchev–Trinajstić information content (AvgIpc) is 2.09. The standard InChI is InChI=1S/C10H15ClO/c11-8-4-3-6-9-5-1-2-7-10(9)12/h9-10,12H,1-2,5-8H2/t9-,10+/m0/s1. The average molecular weight is 187 g/mol. The van der Waals surface area contributed by atoms with Crippen LogP contribution in [0.2, 0.25) is 0 Å². The monoisotopic (exact) mass is 186 g/mol. The molecule has 0 aromatic carbocycles. The highest BCUT2D eigenvalue weighted by atomic mass is 35.5. The molecule has 1 N–H and O–H groups in total. The third-order valence-corrected chi connectivity index (χ3v) is 2.56. The minimum Gasteiger partial charge on any atom is -0.393 e. The summed E-state index contributed by atoms with van der Waals surface area (Å²) in [5, 5.41) is 9.57. The minimum atomic E-state index is -0.122. The van der Waals surface area contributed by atoms with Crippen molar-refractivity contribution in [2.45, 2.75) is 38.2 Å². The number of alkyl halides is 1. The molecule has 1 aliphatic carbocycles. The first-order valence-electron chi connectivity index (χ1n) is 4.54. The molecule has 1 aliphatic rings. The summed E-state index contributed by atoms with van der Waals surface area (Å²) in [6, 6.07) is 0. The Balaban J connectivity index is 2.29. The van der Waals surface area contributed by atoms with Gasteiger partial charge in [0.25, 0.3) is 0 Å². The van der Waals surface area contributed by atoms with Crippen molar-refractivity contribution in [1.29, 1.82) is 0 Å². The zero-order valence-corrected chi connectivity index (χ0v) is 7.98. The van der Waals surface area contributed by atoms with Crippen LogP contribution in [0.4, 0.5) is 0 Å². The normalized spacial score (nSPS) is 29.2. The molecule has 0 saturated heterocycles. The summed E-state index contributed by atoms with van der Waals surface area (Å²) in [6.07, 6.45) is 5.17. The van der Waals surface area contributed by atoms with Crippen LogP contribution in [0.25, 0.3) is 0 Å². The molecule has 0 bridgehead atoms. The zero-order chi connectivity index (χ0) is 8.81. The van der Waals surface area contributed by atoms with Crippen molar-refractivity contribution in [3.8, 4) is 11.8 Å². The third kappa shape index (κ3) is 3.05. The lowest BCUT2D eigenvalue weighted by Crippen LogP contribution is -2.23. The molecule has 2 heteroatoms. The van der Waals surface area contributed by atoms with Gasteiger partial charge in [0.15, 0.2) is 0 Å². The smallest absolute Gasteiger partial charge is 0.0835 e. The van der Waals surface area contributed by atoms with Crippen molar-refractivity contribution in [1.82, 2.24) is 0 Å². The van der Waals surface area contributed by atoms with Gasteiger partial charge < -0.3 is 5.11 Å². The summed E-state index contributed by atoms with van der Waals surface area (Å²) in [4.78, 5) is 0. The molecule has 0 amide bonds. The first-order chi connectivity index (χ1) is 5.84. The summed E-state index contributed by atoms with van der Waals surface area (Å²) < 4.78 is 0. The predicted molar refractivity (Wildman–Crippen MR) is 51.1 cm³/mol. The summed E-state index contributed by atoms with van der Waals surface area (Å²) in [7, 11) is 0. The first-order valence-corrected chi connectivity index (χ1v) is 5.08. The number of hydrogen-bond donors (Lipinski definition) is 1. The number of halogens is 1. The molecule has 0 heterocycles. The van der Waals surface area contributed by atoms with E-state index < -0.39 is 0 Å². The molecule has 1 nitrogen and oxygen atoms in total. The first kappa shape index (κ1) is 9.89. The molecular formula is C10H15ClO. The van der Waals surface area contributed by atoms with Gasteiger partial charge in [-0.3, -0.25) is 0 Å². The van der Waals surface area contributed by atoms with Crippen molar-refractivity contribution in [3.05, 3.63) is 0 Å². The summed E-state index contributed by atoms with van der Waals surface area (Å²) in [5.74, 6) is 6.62. The number of aliphatic hydroxyl groups excluding tert-OH is 1. The van der Waals surface area contributed by atoms with Crippen LogP contribution in [0, 0.1) is 17.8 Å². The van der Waals surface area contributed by atoms with Gasteiger partial charge >= 0.3 is 0 Å². The molecule has 0 radical (unpaired) electrons. The van der Waals surface area contributed by atoms with E-state index in [0.29, 0.717) is 11.8 Å². The fraction of sp³-hybridized carbons (Fsp3) is 0.800. The predicted octanol–water partition coefficient (Wildman–Crippen LogP) is 2.17. The van der Waals surface area contributed by atoms with Gasteiger partial charge in [-0.2, -0.15) is 0 Å². The fourth-order valence-corrected chi connectivity index (χ4v) is 1.77. The lowest BCUT2D eigenvalue weighted by Gasteiger charge is -2.25. The van der Waals surface area contributed by atoms with Crippen LogP contribution in [-0.2, 0) is 0 Å². The highest BCUT2D eigenvalue weighted by Crippen LogP contribution is 2.26. The van der Waals surface area contributed by atoms with Crippen molar-refractivity contribution in [2.75, 3.05) is 5.88 Å². The van der Waals surface area contributed by atoms with Crippen LogP contribution in [0.15, 0.2) is 0 Å². The van der Waals surface area contributed by atoms with E-state index in [1.54, 1.807) is 0 Å². The van der Waals surface area contributed by atoms with Gasteiger partial charge in [-0.1, -0.05) is 18.8 Å². The van der Waals surface area contributed by atoms with E-state index in [2.05, 4.69) is 11.8 Å². The molecule has 0 spiro atoms. The number of rotatable bonds is 1. The molecule has 68 valence electrons. The maximum Gasteiger partial charge on any atom is 0.0835 e. The number of aliphatic hydroxyl groups is 1. The minimum absolute atomic E-state index is 0.122. The third-order valence-electron chi connectivity index (χ3n) is 2.43. The molecule has 2 atom stereocenters. The maximum absolute atomic E-state index is 9.57. The Bertz CT molecular complexity index is 180. The Kier molecular flexibility index (Phi) is 4.50. The molecule has 1 saturated carbocycles. The Labute approximate surface area is 79.1 Å². The van der Waals surface area contributed by atoms with E-state index in [1.165, 1.54) is 12.8 Å². The van der Waals surface area contributed by atoms with Gasteiger partial charge in [-0.15, -0.1) is 17.5 Å². The van der Waals surface area contributed by atoms with Gasteiger partial charge in [0.2, 0.25) is 0 Å². The Morgan fingerprint density at radius 2 is 2.00 bits per heavy atom. The Hall–Kier alpha value is -0.190. The van der Waals surface area contributed by atoms with E-state index in [4.69, 9.17) is 11.6 Å². The SMILES string of the molecule is O[C@@H]1CCCC[C@H]1CC#CCCl. The summed E-state index contributed by atoms with van der Waals surface area (Å²) in [5.41, 5.74) is 0. The van der Waals surface area contributed by atoms with Crippen molar-refractivity contribution in [3.63, 3.8) is 0 Å². The van der Waals surface area contributed by atoms with Gasteiger partial charge in [0, 0.05) is 6.42 Å². The van der Waals surface area contributed by atoms with E-state index in [9.17, 15) is 5.11 Å². The fourth-order valence-electron chi connectivity index (χ4n) is 1.68. The second kappa shape index (κ2) is 5.45. The lowest BCUT2D eigenvalue weighted by atomic mass is 9.85. The van der Waals surface area contributed by atoms with Crippen LogP contribution >= 0.6 is 11.6 Å². The lowest BCUT2D eigenvalue weighted by molar-refractivity contribution is 0.0725. The summed E-state index contributed by atoms with van der Waals surface area (Å²) >= 11 is 5.42.